The lowest BCUT2D eigenvalue weighted by atomic mass is 9.32. The molecule has 312 valence electrons. The molecule has 6 nitrogen and oxygen atoms in total. The number of hydrogen-bond donors (Lipinski definition) is 2. The summed E-state index contributed by atoms with van der Waals surface area (Å²) in [6, 6.07) is 18.3. The van der Waals surface area contributed by atoms with Crippen molar-refractivity contribution in [2.24, 2.45) is 56.7 Å². The molecule has 9 aliphatic rings. The third kappa shape index (κ3) is 5.61. The van der Waals surface area contributed by atoms with Crippen molar-refractivity contribution >= 4 is 34.2 Å². The Balaban J connectivity index is 1.01. The van der Waals surface area contributed by atoms with Gasteiger partial charge in [0, 0.05) is 45.4 Å². The Bertz CT molecular complexity index is 2280. The highest BCUT2D eigenvalue weighted by Gasteiger charge is 2.74. The zero-order valence-corrected chi connectivity index (χ0v) is 35.7. The first-order chi connectivity index (χ1) is 28.0. The Labute approximate surface area is 353 Å². The smallest absolute Gasteiger partial charge is 0.410 e. The number of ketones is 1. The molecule has 59 heavy (non-hydrogen) atoms. The van der Waals surface area contributed by atoms with Gasteiger partial charge in [-0.1, -0.05) is 93.9 Å². The van der Waals surface area contributed by atoms with Gasteiger partial charge in [-0.25, -0.2) is 9.18 Å². The van der Waals surface area contributed by atoms with Gasteiger partial charge in [0.25, 0.3) is 0 Å². The van der Waals surface area contributed by atoms with Crippen LogP contribution in [0.5, 0.6) is 5.75 Å². The Morgan fingerprint density at radius 3 is 2.39 bits per heavy atom. The molecule has 0 aliphatic heterocycles. The number of hydrogen-bond acceptors (Lipinski definition) is 5. The summed E-state index contributed by atoms with van der Waals surface area (Å²) in [5.41, 5.74) is -2.19. The maximum Gasteiger partial charge on any atom is 0.415 e. The second-order valence-corrected chi connectivity index (χ2v) is 21.5. The Morgan fingerprint density at radius 2 is 1.63 bits per heavy atom. The number of halogens is 2. The summed E-state index contributed by atoms with van der Waals surface area (Å²) in [6.07, 6.45) is 13.9. The van der Waals surface area contributed by atoms with Crippen LogP contribution in [0, 0.1) is 62.5 Å². The van der Waals surface area contributed by atoms with E-state index in [-0.39, 0.29) is 52.0 Å². The van der Waals surface area contributed by atoms with Crippen molar-refractivity contribution in [2.75, 3.05) is 13.1 Å². The van der Waals surface area contributed by atoms with E-state index >= 15 is 4.39 Å². The highest BCUT2D eigenvalue weighted by atomic mass is 35.5. The van der Waals surface area contributed by atoms with Gasteiger partial charge in [-0.2, -0.15) is 0 Å². The van der Waals surface area contributed by atoms with Gasteiger partial charge in [-0.3, -0.25) is 4.79 Å². The minimum atomic E-state index is -1.25. The maximum atomic E-state index is 15.3. The molecule has 9 aliphatic carbocycles. The van der Waals surface area contributed by atoms with Crippen molar-refractivity contribution in [3.05, 3.63) is 101 Å². The van der Waals surface area contributed by atoms with Crippen LogP contribution in [-0.2, 0) is 11.2 Å². The van der Waals surface area contributed by atoms with Gasteiger partial charge in [-0.15, -0.1) is 0 Å². The fourth-order valence-corrected chi connectivity index (χ4v) is 15.2. The monoisotopic (exact) mass is 819 g/mol. The Hall–Kier alpha value is -3.52. The number of nitrogens with zero attached hydrogens (tertiary/aromatic N) is 1. The van der Waals surface area contributed by atoms with Crippen molar-refractivity contribution in [3.63, 3.8) is 0 Å². The van der Waals surface area contributed by atoms with Crippen LogP contribution in [-0.4, -0.2) is 51.8 Å². The lowest BCUT2D eigenvalue weighted by molar-refractivity contribution is -0.179. The highest BCUT2D eigenvalue weighted by Crippen LogP contribution is 2.78. The van der Waals surface area contributed by atoms with E-state index in [0.717, 1.165) is 48.8 Å². The zero-order chi connectivity index (χ0) is 41.3. The van der Waals surface area contributed by atoms with Crippen molar-refractivity contribution in [2.45, 2.75) is 110 Å². The zero-order valence-electron chi connectivity index (χ0n) is 35.0. The van der Waals surface area contributed by atoms with Gasteiger partial charge in [-0.05, 0) is 140 Å². The molecular weight excluding hydrogens is 761 g/mol. The third-order valence-electron chi connectivity index (χ3n) is 18.5. The van der Waals surface area contributed by atoms with Crippen molar-refractivity contribution in [3.8, 4) is 5.75 Å². The largest absolute Gasteiger partial charge is 0.415 e. The predicted octanol–water partition coefficient (Wildman–Crippen LogP) is 10.9. The fourth-order valence-electron chi connectivity index (χ4n) is 15.0. The first-order valence-electron chi connectivity index (χ1n) is 22.3. The van der Waals surface area contributed by atoms with E-state index in [2.05, 4.69) is 45.9 Å². The van der Waals surface area contributed by atoms with Crippen molar-refractivity contribution in [1.82, 2.24) is 4.90 Å². The average Bonchev–Trinajstić information content (AvgIpc) is 3.48. The van der Waals surface area contributed by atoms with Gasteiger partial charge in [0.1, 0.15) is 11.6 Å². The van der Waals surface area contributed by atoms with Gasteiger partial charge >= 0.3 is 6.09 Å². The van der Waals surface area contributed by atoms with Crippen LogP contribution in [0.3, 0.4) is 0 Å². The second-order valence-electron chi connectivity index (χ2n) is 21.1. The number of ether oxygens (including phenoxy) is 1. The maximum absolute atomic E-state index is 15.3. The van der Waals surface area contributed by atoms with E-state index in [1.807, 2.05) is 47.4 Å². The van der Waals surface area contributed by atoms with E-state index in [4.69, 9.17) is 16.3 Å². The van der Waals surface area contributed by atoms with Crippen molar-refractivity contribution in [1.29, 1.82) is 0 Å². The van der Waals surface area contributed by atoms with Crippen LogP contribution >= 0.6 is 11.6 Å². The number of rotatable bonds is 8. The molecule has 8 heteroatoms. The number of fused-ring (bicyclic) bond motifs is 4. The number of carbonyl (C=O) groups is 2. The van der Waals surface area contributed by atoms with Crippen LogP contribution in [0.2, 0.25) is 5.02 Å². The summed E-state index contributed by atoms with van der Waals surface area (Å²) in [6.45, 7) is 9.99. The summed E-state index contributed by atoms with van der Waals surface area (Å²) in [5.74, 6) is 1.38. The number of aliphatic hydroxyl groups excluding tert-OH is 1. The molecule has 0 heterocycles. The first kappa shape index (κ1) is 39.6. The molecule has 3 aromatic carbocycles. The van der Waals surface area contributed by atoms with E-state index in [1.54, 1.807) is 12.1 Å². The molecule has 11 atom stereocenters. The predicted molar refractivity (Wildman–Crippen MR) is 228 cm³/mol. The molecular formula is C51H59ClFNO5. The minimum Gasteiger partial charge on any atom is -0.410 e. The molecule has 0 aromatic heterocycles. The quantitative estimate of drug-likeness (QED) is 0.221. The summed E-state index contributed by atoms with van der Waals surface area (Å²) >= 11 is 6.54. The summed E-state index contributed by atoms with van der Waals surface area (Å²) < 4.78 is 21.5. The molecule has 2 spiro atoms. The normalized spacial score (nSPS) is 39.7. The summed E-state index contributed by atoms with van der Waals surface area (Å²) in [5, 5.41) is 26.8. The topological polar surface area (TPSA) is 87.1 Å². The van der Waals surface area contributed by atoms with Crippen LogP contribution in [0.4, 0.5) is 9.18 Å². The van der Waals surface area contributed by atoms with E-state index in [0.29, 0.717) is 55.4 Å². The summed E-state index contributed by atoms with van der Waals surface area (Å²) in [4.78, 5) is 31.4. The second kappa shape index (κ2) is 13.5. The van der Waals surface area contributed by atoms with Gasteiger partial charge in [0.15, 0.2) is 5.78 Å². The molecule has 1 amide bonds. The molecule has 0 radical (unpaired) electrons. The number of aliphatic hydroxyl groups is 2. The highest BCUT2D eigenvalue weighted by molar-refractivity contribution is 6.31. The number of carbonyl (C=O) groups excluding carboxylic acids is 2. The lowest BCUT2D eigenvalue weighted by Gasteiger charge is -2.71. The van der Waals surface area contributed by atoms with Crippen LogP contribution in [0.1, 0.15) is 97.5 Å². The number of amides is 1. The Kier molecular flexibility index (Phi) is 9.05. The molecule has 6 saturated carbocycles. The molecule has 11 unspecified atom stereocenters. The van der Waals surface area contributed by atoms with Crippen LogP contribution < -0.4 is 4.74 Å². The number of benzene rings is 3. The first-order valence-corrected chi connectivity index (χ1v) is 22.7. The van der Waals surface area contributed by atoms with Crippen LogP contribution in [0.15, 0.2) is 84.5 Å². The minimum absolute atomic E-state index is 0.0953. The van der Waals surface area contributed by atoms with Crippen LogP contribution in [0.25, 0.3) is 10.8 Å². The Morgan fingerprint density at radius 1 is 0.881 bits per heavy atom. The average molecular weight is 820 g/mol. The summed E-state index contributed by atoms with van der Waals surface area (Å²) in [7, 11) is 0. The van der Waals surface area contributed by atoms with Gasteiger partial charge in [0.2, 0.25) is 0 Å². The molecule has 0 saturated heterocycles. The molecule has 3 aromatic rings. The number of Topliss-reactive ketones (excluding diaryl/α,β-unsaturated/α-hetero) is 1. The van der Waals surface area contributed by atoms with E-state index < -0.39 is 39.9 Å². The molecule has 4 bridgehead atoms. The lowest BCUT2D eigenvalue weighted by Crippen LogP contribution is -2.67. The SMILES string of the molecule is CC1(C)C2CCC(CN(CC3(O)CCC4C56C=CC7(C=C5C(=O)Cc5c(F)cccc5Cl)CC(O)CCC7(C)C6CCC43C)C(=O)Oc3ccc4ccccc4c3)C1C2. The van der Waals surface area contributed by atoms with E-state index in [1.165, 1.54) is 12.5 Å². The van der Waals surface area contributed by atoms with Crippen molar-refractivity contribution < 1.29 is 28.9 Å². The van der Waals surface area contributed by atoms with Gasteiger partial charge < -0.3 is 19.8 Å². The standard InChI is InChI=1S/C51H59ClFNO5/c1-46(2)34-14-12-33(38(46)25-34)29-54(45(57)59-36-15-13-31-8-5-6-9-32(31)24-36)30-50(58)21-18-44-48(50,4)20-17-43-47(3)19-16-35(55)27-49(47)22-23-51(43,44)39(28-49)42(56)26-37-40(52)10-7-11-41(37)53/h5-11,13,15,22-24,28,33-35,38,43-44,55,58H,12,14,16-21,25-27,29-30H2,1-4H3. The molecule has 6 fully saturated rings. The molecule has 12 rings (SSSR count). The fraction of sp³-hybridized carbons (Fsp3) is 0.569. The number of allylic oxidation sites excluding steroid dienone is 4. The third-order valence-corrected chi connectivity index (χ3v) is 18.9. The van der Waals surface area contributed by atoms with Gasteiger partial charge in [0.05, 0.1) is 18.2 Å². The van der Waals surface area contributed by atoms with E-state index in [9.17, 15) is 19.8 Å². The molecule has 2 N–H and O–H groups in total.